The number of rotatable bonds is 9. The van der Waals surface area contributed by atoms with Gasteiger partial charge in [-0.1, -0.05) is 66.4 Å². The summed E-state index contributed by atoms with van der Waals surface area (Å²) in [5.41, 5.74) is 7.16. The number of fused-ring (bicyclic) bond motifs is 1. The van der Waals surface area contributed by atoms with Crippen LogP contribution >= 0.6 is 11.6 Å². The van der Waals surface area contributed by atoms with Crippen molar-refractivity contribution in [2.24, 2.45) is 0 Å². The highest BCUT2D eigenvalue weighted by molar-refractivity contribution is 6.30. The van der Waals surface area contributed by atoms with Gasteiger partial charge in [-0.3, -0.25) is 4.79 Å². The van der Waals surface area contributed by atoms with Crippen molar-refractivity contribution in [3.05, 3.63) is 76.1 Å². The van der Waals surface area contributed by atoms with Crippen molar-refractivity contribution in [1.29, 1.82) is 0 Å². The largest absolute Gasteiger partial charge is 0.512 e. The molecule has 6 heteroatoms. The maximum Gasteiger partial charge on any atom is 0.151 e. The number of aliphatic hydroxyl groups is 1. The number of unbranched alkanes of at least 4 members (excludes halogenated alkanes) is 3. The van der Waals surface area contributed by atoms with E-state index in [0.29, 0.717) is 17.2 Å². The molecule has 1 N–H and O–H groups in total. The Kier molecular flexibility index (Phi) is 7.90. The summed E-state index contributed by atoms with van der Waals surface area (Å²) in [5.74, 6) is 1.46. The quantitative estimate of drug-likeness (QED) is 0.296. The highest BCUT2D eigenvalue weighted by atomic mass is 35.5. The molecule has 0 saturated carbocycles. The lowest BCUT2D eigenvalue weighted by molar-refractivity contribution is -0.117. The number of hydrogen-bond acceptors (Lipinski definition) is 5. The van der Waals surface area contributed by atoms with Crippen molar-refractivity contribution in [1.82, 2.24) is 9.97 Å². The lowest BCUT2D eigenvalue weighted by Gasteiger charge is -2.30. The number of carbonyl (C=O) groups is 1. The second kappa shape index (κ2) is 11.5. The fraction of sp³-hybridized carbons (Fsp3) is 0.387. The molecule has 37 heavy (non-hydrogen) atoms. The van der Waals surface area contributed by atoms with Gasteiger partial charge in [0.2, 0.25) is 0 Å². The zero-order valence-corrected chi connectivity index (χ0v) is 22.2. The number of aryl methyl sites for hydroxylation is 2. The molecule has 0 amide bonds. The van der Waals surface area contributed by atoms with Crippen molar-refractivity contribution in [3.63, 3.8) is 0 Å². The number of hydrogen-bond donors (Lipinski definition) is 1. The van der Waals surface area contributed by atoms with Crippen molar-refractivity contribution in [2.45, 2.75) is 64.7 Å². The van der Waals surface area contributed by atoms with E-state index in [-0.39, 0.29) is 12.2 Å². The number of benzene rings is 2. The van der Waals surface area contributed by atoms with Crippen LogP contribution in [0.25, 0.3) is 22.5 Å². The third kappa shape index (κ3) is 6.04. The van der Waals surface area contributed by atoms with Crippen molar-refractivity contribution < 1.29 is 9.90 Å². The number of nitrogens with zero attached hydrogens (tertiary/aromatic N) is 3. The zero-order valence-electron chi connectivity index (χ0n) is 21.5. The summed E-state index contributed by atoms with van der Waals surface area (Å²) in [4.78, 5) is 24.3. The Morgan fingerprint density at radius 1 is 0.892 bits per heavy atom. The standard InChI is InChI=1S/C31H34ClN3O2/c1-21-9-11-22(12-10-21)29-30(23-13-15-25(32)16-14-23)34-31-27(33-29)8-6-18-35(31)17-5-3-2-4-7-24-19-26(36)20-28(24)37/h9-16,37H,2-8,17-20H2,1H3. The van der Waals surface area contributed by atoms with Crippen molar-refractivity contribution in [2.75, 3.05) is 18.0 Å². The Balaban J connectivity index is 1.30. The van der Waals surface area contributed by atoms with Crippen molar-refractivity contribution in [3.8, 4) is 22.5 Å². The van der Waals surface area contributed by atoms with Crippen LogP contribution in [0.1, 0.15) is 62.6 Å². The molecule has 1 aromatic heterocycles. The topological polar surface area (TPSA) is 66.3 Å². The maximum absolute atomic E-state index is 11.5. The fourth-order valence-corrected chi connectivity index (χ4v) is 5.43. The lowest BCUT2D eigenvalue weighted by Crippen LogP contribution is -2.32. The number of aromatic nitrogens is 2. The third-order valence-corrected chi connectivity index (χ3v) is 7.62. The molecule has 0 fully saturated rings. The van der Waals surface area contributed by atoms with E-state index in [2.05, 4.69) is 36.1 Å². The van der Waals surface area contributed by atoms with Crippen LogP contribution in [-0.4, -0.2) is 33.9 Å². The number of ketones is 1. The minimum atomic E-state index is 0.140. The molecule has 2 aromatic carbocycles. The van der Waals surface area contributed by atoms with E-state index in [0.717, 1.165) is 97.6 Å². The highest BCUT2D eigenvalue weighted by Gasteiger charge is 2.24. The van der Waals surface area contributed by atoms with Gasteiger partial charge in [0.05, 0.1) is 29.3 Å². The van der Waals surface area contributed by atoms with E-state index < -0.39 is 0 Å². The molecule has 0 saturated heterocycles. The Labute approximate surface area is 224 Å². The molecule has 192 valence electrons. The van der Waals surface area contributed by atoms with Gasteiger partial charge in [-0.15, -0.1) is 0 Å². The number of allylic oxidation sites excluding steroid dienone is 2. The molecule has 1 aliphatic carbocycles. The first-order valence-electron chi connectivity index (χ1n) is 13.4. The fourth-order valence-electron chi connectivity index (χ4n) is 5.31. The monoisotopic (exact) mass is 515 g/mol. The third-order valence-electron chi connectivity index (χ3n) is 7.37. The van der Waals surface area contributed by atoms with E-state index in [1.807, 2.05) is 24.3 Å². The van der Waals surface area contributed by atoms with Gasteiger partial charge in [-0.25, -0.2) is 9.97 Å². The van der Waals surface area contributed by atoms with Crippen LogP contribution in [0, 0.1) is 6.92 Å². The van der Waals surface area contributed by atoms with Gasteiger partial charge < -0.3 is 10.0 Å². The Bertz CT molecular complexity index is 1300. The van der Waals surface area contributed by atoms with E-state index in [1.165, 1.54) is 5.56 Å². The molecule has 2 aliphatic rings. The average molecular weight is 516 g/mol. The highest BCUT2D eigenvalue weighted by Crippen LogP contribution is 2.35. The van der Waals surface area contributed by atoms with Gasteiger partial charge >= 0.3 is 0 Å². The Morgan fingerprint density at radius 2 is 1.57 bits per heavy atom. The van der Waals surface area contributed by atoms with Gasteiger partial charge in [-0.2, -0.15) is 0 Å². The van der Waals surface area contributed by atoms with Gasteiger partial charge in [0.1, 0.15) is 5.78 Å². The van der Waals surface area contributed by atoms with Gasteiger partial charge in [0.15, 0.2) is 5.82 Å². The van der Waals surface area contributed by atoms with Crippen LogP contribution < -0.4 is 4.90 Å². The van der Waals surface area contributed by atoms with E-state index in [1.54, 1.807) is 0 Å². The van der Waals surface area contributed by atoms with Crippen LogP contribution in [0.15, 0.2) is 59.9 Å². The summed E-state index contributed by atoms with van der Waals surface area (Å²) < 4.78 is 0. The summed E-state index contributed by atoms with van der Waals surface area (Å²) in [6, 6.07) is 16.4. The predicted molar refractivity (Wildman–Crippen MR) is 150 cm³/mol. The molecular formula is C31H34ClN3O2. The maximum atomic E-state index is 11.5. The number of aliphatic hydroxyl groups excluding tert-OH is 1. The molecule has 1 aliphatic heterocycles. The predicted octanol–water partition coefficient (Wildman–Crippen LogP) is 7.65. The SMILES string of the molecule is Cc1ccc(-c2nc3c(nc2-c2ccc(Cl)cc2)N(CCCCCCC2=C(O)CC(=O)C2)CCC3)cc1. The minimum absolute atomic E-state index is 0.140. The van der Waals surface area contributed by atoms with Crippen LogP contribution in [0.3, 0.4) is 0 Å². The molecule has 0 unspecified atom stereocenters. The smallest absolute Gasteiger partial charge is 0.151 e. The van der Waals surface area contributed by atoms with E-state index in [9.17, 15) is 9.90 Å². The summed E-state index contributed by atoms with van der Waals surface area (Å²) >= 11 is 6.18. The Hall–Kier alpha value is -3.18. The number of halogens is 1. The first kappa shape index (κ1) is 25.5. The normalized spacial score (nSPS) is 15.4. The van der Waals surface area contributed by atoms with Gasteiger partial charge in [0, 0.05) is 35.7 Å². The number of anilines is 1. The molecule has 0 radical (unpaired) electrons. The molecule has 0 bridgehead atoms. The molecule has 5 rings (SSSR count). The molecule has 3 aromatic rings. The first-order chi connectivity index (χ1) is 18.0. The molecule has 5 nitrogen and oxygen atoms in total. The number of carbonyl (C=O) groups excluding carboxylic acids is 1. The summed E-state index contributed by atoms with van der Waals surface area (Å²) in [6.45, 7) is 4.05. The average Bonchev–Trinajstić information content (AvgIpc) is 3.22. The van der Waals surface area contributed by atoms with E-state index >= 15 is 0 Å². The lowest BCUT2D eigenvalue weighted by atomic mass is 10.0. The molecule has 2 heterocycles. The van der Waals surface area contributed by atoms with Crippen LogP contribution in [-0.2, 0) is 11.2 Å². The van der Waals surface area contributed by atoms with Crippen molar-refractivity contribution >= 4 is 23.2 Å². The zero-order chi connectivity index (χ0) is 25.8. The number of Topliss-reactive ketones (excluding diaryl/α,β-unsaturated/α-hetero) is 1. The second-order valence-corrected chi connectivity index (χ2v) is 10.7. The van der Waals surface area contributed by atoms with Crippen LogP contribution in [0.2, 0.25) is 5.02 Å². The van der Waals surface area contributed by atoms with Crippen LogP contribution in [0.4, 0.5) is 5.82 Å². The minimum Gasteiger partial charge on any atom is -0.512 e. The van der Waals surface area contributed by atoms with Gasteiger partial charge in [-0.05, 0) is 56.7 Å². The summed E-state index contributed by atoms with van der Waals surface area (Å²) in [6.07, 6.45) is 7.84. The molecule has 0 spiro atoms. The Morgan fingerprint density at radius 3 is 2.27 bits per heavy atom. The van der Waals surface area contributed by atoms with Crippen LogP contribution in [0.5, 0.6) is 0 Å². The van der Waals surface area contributed by atoms with E-state index in [4.69, 9.17) is 21.6 Å². The molecular weight excluding hydrogens is 482 g/mol. The second-order valence-electron chi connectivity index (χ2n) is 10.3. The molecule has 0 atom stereocenters. The summed E-state index contributed by atoms with van der Waals surface area (Å²) in [5, 5.41) is 10.6. The summed E-state index contributed by atoms with van der Waals surface area (Å²) in [7, 11) is 0. The van der Waals surface area contributed by atoms with Gasteiger partial charge in [0.25, 0.3) is 0 Å². The first-order valence-corrected chi connectivity index (χ1v) is 13.8.